The molecule has 1 aliphatic rings. The van der Waals surface area contributed by atoms with Gasteiger partial charge in [-0.15, -0.1) is 11.3 Å². The van der Waals surface area contributed by atoms with E-state index in [0.29, 0.717) is 22.1 Å². The van der Waals surface area contributed by atoms with Gasteiger partial charge in [0, 0.05) is 6.04 Å². The van der Waals surface area contributed by atoms with Crippen LogP contribution in [0.5, 0.6) is 0 Å². The quantitative estimate of drug-likeness (QED) is 0.889. The summed E-state index contributed by atoms with van der Waals surface area (Å²) in [6.45, 7) is 0. The molecule has 0 aliphatic heterocycles. The SMILES string of the molecule is O=C(NC1CCC(C(=O)O)C1)c1ccc(Cl)s1. The van der Waals surface area contributed by atoms with Gasteiger partial charge in [-0.1, -0.05) is 11.6 Å². The molecule has 0 bridgehead atoms. The molecule has 1 amide bonds. The summed E-state index contributed by atoms with van der Waals surface area (Å²) < 4.78 is 0.574. The van der Waals surface area contributed by atoms with Gasteiger partial charge in [0.15, 0.2) is 0 Å². The van der Waals surface area contributed by atoms with Crippen molar-refractivity contribution in [3.8, 4) is 0 Å². The van der Waals surface area contributed by atoms with Gasteiger partial charge in [-0.2, -0.15) is 0 Å². The van der Waals surface area contributed by atoms with Gasteiger partial charge >= 0.3 is 5.97 Å². The van der Waals surface area contributed by atoms with Crippen molar-refractivity contribution in [2.45, 2.75) is 25.3 Å². The fourth-order valence-corrected chi connectivity index (χ4v) is 2.98. The molecule has 4 nitrogen and oxygen atoms in total. The predicted octanol–water partition coefficient (Wildman–Crippen LogP) is 2.38. The zero-order chi connectivity index (χ0) is 12.4. The van der Waals surface area contributed by atoms with E-state index in [9.17, 15) is 9.59 Å². The first-order valence-electron chi connectivity index (χ1n) is 5.35. The summed E-state index contributed by atoms with van der Waals surface area (Å²) in [4.78, 5) is 23.1. The van der Waals surface area contributed by atoms with Crippen LogP contribution in [0.3, 0.4) is 0 Å². The van der Waals surface area contributed by atoms with Crippen LogP contribution in [0.4, 0.5) is 0 Å². The number of nitrogens with one attached hydrogen (secondary N) is 1. The van der Waals surface area contributed by atoms with Gasteiger partial charge in [0.25, 0.3) is 5.91 Å². The number of hydrogen-bond donors (Lipinski definition) is 2. The largest absolute Gasteiger partial charge is 0.481 e. The number of carboxylic acids is 1. The molecule has 0 radical (unpaired) electrons. The minimum absolute atomic E-state index is 0.0375. The molecule has 17 heavy (non-hydrogen) atoms. The zero-order valence-electron chi connectivity index (χ0n) is 8.98. The minimum atomic E-state index is -0.777. The van der Waals surface area contributed by atoms with Gasteiger partial charge in [0.1, 0.15) is 0 Å². The maximum Gasteiger partial charge on any atom is 0.306 e. The molecule has 1 heterocycles. The molecule has 2 rings (SSSR count). The number of amides is 1. The summed E-state index contributed by atoms with van der Waals surface area (Å²) in [5, 5.41) is 11.7. The number of rotatable bonds is 3. The molecule has 1 aromatic rings. The topological polar surface area (TPSA) is 66.4 Å². The van der Waals surface area contributed by atoms with Crippen LogP contribution in [0, 0.1) is 5.92 Å². The van der Waals surface area contributed by atoms with E-state index in [1.54, 1.807) is 12.1 Å². The lowest BCUT2D eigenvalue weighted by molar-refractivity contribution is -0.141. The molecule has 1 aromatic heterocycles. The highest BCUT2D eigenvalue weighted by atomic mass is 35.5. The van der Waals surface area contributed by atoms with Crippen molar-refractivity contribution in [2.75, 3.05) is 0 Å². The maximum atomic E-state index is 11.8. The summed E-state index contributed by atoms with van der Waals surface area (Å²) in [7, 11) is 0. The summed E-state index contributed by atoms with van der Waals surface area (Å²) in [5.41, 5.74) is 0. The second kappa shape index (κ2) is 5.06. The Morgan fingerprint density at radius 2 is 2.18 bits per heavy atom. The molecule has 2 atom stereocenters. The average Bonchev–Trinajstić information content (AvgIpc) is 2.86. The van der Waals surface area contributed by atoms with Crippen LogP contribution in [0.25, 0.3) is 0 Å². The number of thiophene rings is 1. The van der Waals surface area contributed by atoms with E-state index in [4.69, 9.17) is 16.7 Å². The molecular weight excluding hydrogens is 262 g/mol. The first-order chi connectivity index (χ1) is 8.06. The lowest BCUT2D eigenvalue weighted by Crippen LogP contribution is -2.32. The van der Waals surface area contributed by atoms with Gasteiger partial charge in [-0.3, -0.25) is 9.59 Å². The molecular formula is C11H12ClNO3S. The van der Waals surface area contributed by atoms with Crippen molar-refractivity contribution < 1.29 is 14.7 Å². The van der Waals surface area contributed by atoms with Crippen molar-refractivity contribution in [3.63, 3.8) is 0 Å². The van der Waals surface area contributed by atoms with E-state index in [2.05, 4.69) is 5.32 Å². The molecule has 2 unspecified atom stereocenters. The zero-order valence-corrected chi connectivity index (χ0v) is 10.6. The van der Waals surface area contributed by atoms with Crippen LogP contribution in [0.2, 0.25) is 4.34 Å². The third-order valence-electron chi connectivity index (χ3n) is 2.91. The molecule has 0 aromatic carbocycles. The third-order valence-corrected chi connectivity index (χ3v) is 4.14. The molecule has 2 N–H and O–H groups in total. The van der Waals surface area contributed by atoms with E-state index < -0.39 is 5.97 Å². The van der Waals surface area contributed by atoms with E-state index in [1.165, 1.54) is 11.3 Å². The molecule has 0 saturated heterocycles. The summed E-state index contributed by atoms with van der Waals surface area (Å²) in [5.74, 6) is -1.27. The van der Waals surface area contributed by atoms with Crippen LogP contribution in [-0.4, -0.2) is 23.0 Å². The first-order valence-corrected chi connectivity index (χ1v) is 6.54. The number of halogens is 1. The monoisotopic (exact) mass is 273 g/mol. The number of carboxylic acid groups (broad SMARTS) is 1. The van der Waals surface area contributed by atoms with E-state index in [-0.39, 0.29) is 17.9 Å². The van der Waals surface area contributed by atoms with Crippen LogP contribution in [0.15, 0.2) is 12.1 Å². The minimum Gasteiger partial charge on any atom is -0.481 e. The molecule has 6 heteroatoms. The van der Waals surface area contributed by atoms with E-state index in [0.717, 1.165) is 6.42 Å². The fourth-order valence-electron chi connectivity index (χ4n) is 2.03. The summed E-state index contributed by atoms with van der Waals surface area (Å²) >= 11 is 6.97. The third kappa shape index (κ3) is 2.98. The molecule has 1 aliphatic carbocycles. The highest BCUT2D eigenvalue weighted by Gasteiger charge is 2.30. The second-order valence-electron chi connectivity index (χ2n) is 4.12. The lowest BCUT2D eigenvalue weighted by Gasteiger charge is -2.11. The van der Waals surface area contributed by atoms with E-state index in [1.807, 2.05) is 0 Å². The van der Waals surface area contributed by atoms with Gasteiger partial charge in [-0.05, 0) is 31.4 Å². The first kappa shape index (κ1) is 12.4. The van der Waals surface area contributed by atoms with Crippen molar-refractivity contribution in [3.05, 3.63) is 21.3 Å². The summed E-state index contributed by atoms with van der Waals surface area (Å²) in [6, 6.07) is 3.31. The van der Waals surface area contributed by atoms with Gasteiger partial charge in [-0.25, -0.2) is 0 Å². The highest BCUT2D eigenvalue weighted by Crippen LogP contribution is 2.27. The van der Waals surface area contributed by atoms with Crippen molar-refractivity contribution in [2.24, 2.45) is 5.92 Å². The normalized spacial score (nSPS) is 23.6. The Labute approximate surface area is 108 Å². The predicted molar refractivity (Wildman–Crippen MR) is 65.6 cm³/mol. The van der Waals surface area contributed by atoms with Crippen LogP contribution in [0.1, 0.15) is 28.9 Å². The fraction of sp³-hybridized carbons (Fsp3) is 0.455. The Morgan fingerprint density at radius 3 is 2.71 bits per heavy atom. The Kier molecular flexibility index (Phi) is 3.69. The Balaban J connectivity index is 1.90. The maximum absolute atomic E-state index is 11.8. The smallest absolute Gasteiger partial charge is 0.306 e. The van der Waals surface area contributed by atoms with Crippen LogP contribution in [-0.2, 0) is 4.79 Å². The van der Waals surface area contributed by atoms with Gasteiger partial charge in [0.05, 0.1) is 15.1 Å². The number of carbonyl (C=O) groups excluding carboxylic acids is 1. The van der Waals surface area contributed by atoms with Crippen molar-refractivity contribution in [1.82, 2.24) is 5.32 Å². The van der Waals surface area contributed by atoms with Gasteiger partial charge < -0.3 is 10.4 Å². The lowest BCUT2D eigenvalue weighted by atomic mass is 10.1. The van der Waals surface area contributed by atoms with Crippen LogP contribution < -0.4 is 5.32 Å². The van der Waals surface area contributed by atoms with Crippen molar-refractivity contribution >= 4 is 34.8 Å². The second-order valence-corrected chi connectivity index (χ2v) is 5.84. The standard InChI is InChI=1S/C11H12ClNO3S/c12-9-4-3-8(17-9)10(14)13-7-2-1-6(5-7)11(15)16/h3-4,6-7H,1-2,5H2,(H,13,14)(H,15,16). The Morgan fingerprint density at radius 1 is 1.41 bits per heavy atom. The van der Waals surface area contributed by atoms with E-state index >= 15 is 0 Å². The highest BCUT2D eigenvalue weighted by molar-refractivity contribution is 7.17. The summed E-state index contributed by atoms with van der Waals surface area (Å²) in [6.07, 6.45) is 1.87. The molecule has 1 saturated carbocycles. The number of aliphatic carboxylic acids is 1. The molecule has 1 fully saturated rings. The Hall–Kier alpha value is -1.07. The van der Waals surface area contributed by atoms with Crippen molar-refractivity contribution in [1.29, 1.82) is 0 Å². The Bertz CT molecular complexity index is 446. The average molecular weight is 274 g/mol. The van der Waals surface area contributed by atoms with Crippen LogP contribution >= 0.6 is 22.9 Å². The molecule has 0 spiro atoms. The number of hydrogen-bond acceptors (Lipinski definition) is 3. The number of carbonyl (C=O) groups is 2. The van der Waals surface area contributed by atoms with Gasteiger partial charge in [0.2, 0.25) is 0 Å². The molecule has 92 valence electrons.